The van der Waals surface area contributed by atoms with Gasteiger partial charge in [0.25, 0.3) is 5.69 Å². The molecule has 0 aliphatic rings. The Kier molecular flexibility index (Phi) is 4.45. The Labute approximate surface area is 96.3 Å². The molecule has 1 rings (SSSR count). The van der Waals surface area contributed by atoms with Gasteiger partial charge in [0.2, 0.25) is 0 Å². The van der Waals surface area contributed by atoms with Crippen LogP contribution in [-0.2, 0) is 6.54 Å². The zero-order valence-corrected chi connectivity index (χ0v) is 9.66. The van der Waals surface area contributed by atoms with E-state index in [4.69, 9.17) is 0 Å². The maximum atomic E-state index is 10.6. The van der Waals surface area contributed by atoms with Gasteiger partial charge in [0, 0.05) is 29.7 Å². The zero-order valence-electron chi connectivity index (χ0n) is 8.07. The van der Waals surface area contributed by atoms with Gasteiger partial charge in [0.1, 0.15) is 0 Å². The average Bonchev–Trinajstić information content (AvgIpc) is 2.17. The Balaban J connectivity index is 2.79. The molecule has 0 spiro atoms. The van der Waals surface area contributed by atoms with E-state index in [9.17, 15) is 10.1 Å². The Morgan fingerprint density at radius 2 is 2.27 bits per heavy atom. The van der Waals surface area contributed by atoms with Crippen LogP contribution in [-0.4, -0.2) is 11.5 Å². The molecule has 0 amide bonds. The standard InChI is InChI=1S/C10H11BrN2O2/c1-2-3-12-7-8-4-9(11)6-10(5-8)13(14)15/h2,4-6,12H,1,3,7H2. The van der Waals surface area contributed by atoms with Crippen molar-refractivity contribution in [3.05, 3.63) is 51.0 Å². The summed E-state index contributed by atoms with van der Waals surface area (Å²) in [5.74, 6) is 0. The van der Waals surface area contributed by atoms with Crippen LogP contribution in [0, 0.1) is 10.1 Å². The Morgan fingerprint density at radius 1 is 1.53 bits per heavy atom. The molecule has 0 aliphatic carbocycles. The fourth-order valence-corrected chi connectivity index (χ4v) is 1.69. The van der Waals surface area contributed by atoms with Crippen LogP contribution >= 0.6 is 15.9 Å². The van der Waals surface area contributed by atoms with Gasteiger partial charge in [-0.15, -0.1) is 6.58 Å². The fraction of sp³-hybridized carbons (Fsp3) is 0.200. The van der Waals surface area contributed by atoms with E-state index in [1.807, 2.05) is 6.07 Å². The number of halogens is 1. The van der Waals surface area contributed by atoms with Gasteiger partial charge < -0.3 is 5.32 Å². The van der Waals surface area contributed by atoms with Gasteiger partial charge in [0.05, 0.1) is 4.92 Å². The number of nitrogens with zero attached hydrogens (tertiary/aromatic N) is 1. The normalized spacial score (nSPS) is 9.93. The van der Waals surface area contributed by atoms with Gasteiger partial charge in [-0.1, -0.05) is 22.0 Å². The number of rotatable bonds is 5. The number of non-ortho nitro benzene ring substituents is 1. The third kappa shape index (κ3) is 3.81. The minimum Gasteiger partial charge on any atom is -0.309 e. The first-order chi connectivity index (χ1) is 7.13. The Hall–Kier alpha value is -1.20. The lowest BCUT2D eigenvalue weighted by Crippen LogP contribution is -2.12. The lowest BCUT2D eigenvalue weighted by molar-refractivity contribution is -0.385. The maximum Gasteiger partial charge on any atom is 0.270 e. The molecule has 5 heteroatoms. The predicted octanol–water partition coefficient (Wildman–Crippen LogP) is 2.63. The molecule has 0 bridgehead atoms. The quantitative estimate of drug-likeness (QED) is 0.387. The topological polar surface area (TPSA) is 55.2 Å². The largest absolute Gasteiger partial charge is 0.309 e. The minimum atomic E-state index is -0.401. The average molecular weight is 271 g/mol. The zero-order chi connectivity index (χ0) is 11.3. The van der Waals surface area contributed by atoms with Crippen molar-refractivity contribution in [3.8, 4) is 0 Å². The van der Waals surface area contributed by atoms with Crippen LogP contribution in [0.15, 0.2) is 35.3 Å². The van der Waals surface area contributed by atoms with Crippen molar-refractivity contribution in [1.82, 2.24) is 5.32 Å². The molecule has 80 valence electrons. The lowest BCUT2D eigenvalue weighted by atomic mass is 10.2. The number of hydrogen-bond acceptors (Lipinski definition) is 3. The predicted molar refractivity (Wildman–Crippen MR) is 62.7 cm³/mol. The molecule has 0 heterocycles. The SMILES string of the molecule is C=CCNCc1cc(Br)cc([N+](=O)[O-])c1. The van der Waals surface area contributed by atoms with E-state index in [1.54, 1.807) is 12.1 Å². The van der Waals surface area contributed by atoms with Gasteiger partial charge in [-0.25, -0.2) is 0 Å². The van der Waals surface area contributed by atoms with E-state index in [-0.39, 0.29) is 5.69 Å². The second-order valence-electron chi connectivity index (χ2n) is 2.99. The summed E-state index contributed by atoms with van der Waals surface area (Å²) in [5.41, 5.74) is 0.970. The molecular formula is C10H11BrN2O2. The summed E-state index contributed by atoms with van der Waals surface area (Å²) in [5, 5.41) is 13.7. The molecule has 1 aromatic rings. The van der Waals surface area contributed by atoms with Crippen LogP contribution in [0.4, 0.5) is 5.69 Å². The smallest absolute Gasteiger partial charge is 0.270 e. The minimum absolute atomic E-state index is 0.0970. The van der Waals surface area contributed by atoms with Crippen LogP contribution in [0.25, 0.3) is 0 Å². The summed E-state index contributed by atoms with van der Waals surface area (Å²) in [6, 6.07) is 4.89. The number of benzene rings is 1. The highest BCUT2D eigenvalue weighted by molar-refractivity contribution is 9.10. The monoisotopic (exact) mass is 270 g/mol. The summed E-state index contributed by atoms with van der Waals surface area (Å²) in [7, 11) is 0. The van der Waals surface area contributed by atoms with Crippen LogP contribution in [0.1, 0.15) is 5.56 Å². The molecule has 0 saturated carbocycles. The highest BCUT2D eigenvalue weighted by atomic mass is 79.9. The first-order valence-corrected chi connectivity index (χ1v) is 5.18. The molecule has 0 unspecified atom stereocenters. The Bertz CT molecular complexity index is 380. The van der Waals surface area contributed by atoms with Crippen LogP contribution in [0.3, 0.4) is 0 Å². The molecule has 0 saturated heterocycles. The first-order valence-electron chi connectivity index (χ1n) is 4.39. The van der Waals surface area contributed by atoms with E-state index < -0.39 is 4.92 Å². The van der Waals surface area contributed by atoms with E-state index in [1.165, 1.54) is 6.07 Å². The van der Waals surface area contributed by atoms with Gasteiger partial charge in [-0.3, -0.25) is 10.1 Å². The van der Waals surface area contributed by atoms with Crippen molar-refractivity contribution in [2.45, 2.75) is 6.54 Å². The van der Waals surface area contributed by atoms with Crippen molar-refractivity contribution in [2.24, 2.45) is 0 Å². The number of nitro benzene ring substituents is 1. The van der Waals surface area contributed by atoms with Crippen molar-refractivity contribution < 1.29 is 4.92 Å². The number of nitro groups is 1. The van der Waals surface area contributed by atoms with Crippen LogP contribution in [0.2, 0.25) is 0 Å². The summed E-state index contributed by atoms with van der Waals surface area (Å²) in [6.07, 6.45) is 1.74. The molecule has 1 aromatic carbocycles. The molecule has 0 radical (unpaired) electrons. The highest BCUT2D eigenvalue weighted by Crippen LogP contribution is 2.21. The van der Waals surface area contributed by atoms with Crippen LogP contribution < -0.4 is 5.32 Å². The van der Waals surface area contributed by atoms with Crippen LogP contribution in [0.5, 0.6) is 0 Å². The molecule has 1 N–H and O–H groups in total. The van der Waals surface area contributed by atoms with E-state index in [2.05, 4.69) is 27.8 Å². The van der Waals surface area contributed by atoms with Gasteiger partial charge >= 0.3 is 0 Å². The lowest BCUT2D eigenvalue weighted by Gasteiger charge is -2.03. The molecule has 15 heavy (non-hydrogen) atoms. The Morgan fingerprint density at radius 3 is 2.87 bits per heavy atom. The number of hydrogen-bond donors (Lipinski definition) is 1. The molecule has 4 nitrogen and oxygen atoms in total. The third-order valence-electron chi connectivity index (χ3n) is 1.77. The highest BCUT2D eigenvalue weighted by Gasteiger charge is 2.07. The molecule has 0 fully saturated rings. The maximum absolute atomic E-state index is 10.6. The second kappa shape index (κ2) is 5.63. The fourth-order valence-electron chi connectivity index (χ4n) is 1.16. The van der Waals surface area contributed by atoms with Gasteiger partial charge in [-0.2, -0.15) is 0 Å². The van der Waals surface area contributed by atoms with Crippen molar-refractivity contribution in [2.75, 3.05) is 6.54 Å². The molecule has 0 aliphatic heterocycles. The second-order valence-corrected chi connectivity index (χ2v) is 3.91. The van der Waals surface area contributed by atoms with E-state index in [0.717, 1.165) is 5.56 Å². The van der Waals surface area contributed by atoms with Crippen molar-refractivity contribution >= 4 is 21.6 Å². The summed E-state index contributed by atoms with van der Waals surface area (Å²) < 4.78 is 0.715. The molecular weight excluding hydrogens is 260 g/mol. The van der Waals surface area contributed by atoms with Gasteiger partial charge in [-0.05, 0) is 11.6 Å². The summed E-state index contributed by atoms with van der Waals surface area (Å²) in [6.45, 7) is 4.85. The van der Waals surface area contributed by atoms with Crippen molar-refractivity contribution in [3.63, 3.8) is 0 Å². The number of nitrogens with one attached hydrogen (secondary N) is 1. The van der Waals surface area contributed by atoms with E-state index in [0.29, 0.717) is 17.6 Å². The van der Waals surface area contributed by atoms with Gasteiger partial charge in [0.15, 0.2) is 0 Å². The molecule has 0 atom stereocenters. The third-order valence-corrected chi connectivity index (χ3v) is 2.23. The van der Waals surface area contributed by atoms with E-state index >= 15 is 0 Å². The summed E-state index contributed by atoms with van der Waals surface area (Å²) in [4.78, 5) is 10.2. The first kappa shape index (κ1) is 11.9. The van der Waals surface area contributed by atoms with Crippen molar-refractivity contribution in [1.29, 1.82) is 0 Å². The molecule has 0 aromatic heterocycles. The summed E-state index contributed by atoms with van der Waals surface area (Å²) >= 11 is 3.24.